The molecule has 1 amide bonds. The molecular formula is C22H25N5O4S. The average Bonchev–Trinajstić information content (AvgIpc) is 3.01. The first-order valence-corrected chi connectivity index (χ1v) is 11.9. The molecule has 0 spiro atoms. The van der Waals surface area contributed by atoms with Crippen molar-refractivity contribution in [2.24, 2.45) is 0 Å². The van der Waals surface area contributed by atoms with Crippen molar-refractivity contribution < 1.29 is 17.9 Å². The zero-order chi connectivity index (χ0) is 22.7. The van der Waals surface area contributed by atoms with Crippen molar-refractivity contribution in [3.05, 3.63) is 48.3 Å². The summed E-state index contributed by atoms with van der Waals surface area (Å²) in [7, 11) is -2.60. The fourth-order valence-electron chi connectivity index (χ4n) is 3.80. The molecule has 2 N–H and O–H groups in total. The predicted molar refractivity (Wildman–Crippen MR) is 121 cm³/mol. The lowest BCUT2D eigenvalue weighted by Gasteiger charge is -2.14. The summed E-state index contributed by atoms with van der Waals surface area (Å²) >= 11 is 0. The third-order valence-electron chi connectivity index (χ3n) is 5.26. The first-order chi connectivity index (χ1) is 15.4. The number of carbonyl (C=O) groups is 1. The molecule has 0 radical (unpaired) electrons. The first kappa shape index (κ1) is 21.8. The molecule has 4 rings (SSSR count). The van der Waals surface area contributed by atoms with Gasteiger partial charge in [-0.25, -0.2) is 8.42 Å². The van der Waals surface area contributed by atoms with E-state index in [9.17, 15) is 13.2 Å². The molecule has 0 atom stereocenters. The fraction of sp³-hybridized carbons (Fsp3) is 0.318. The normalized spacial score (nSPS) is 13.7. The van der Waals surface area contributed by atoms with E-state index in [2.05, 4.69) is 24.8 Å². The number of fused-ring (bicyclic) bond motifs is 1. The van der Waals surface area contributed by atoms with Gasteiger partial charge in [-0.1, -0.05) is 18.6 Å². The van der Waals surface area contributed by atoms with Crippen LogP contribution in [0.1, 0.15) is 32.0 Å². The Labute approximate surface area is 186 Å². The molecule has 9 nitrogen and oxygen atoms in total. The first-order valence-electron chi connectivity index (χ1n) is 10.4. The van der Waals surface area contributed by atoms with Gasteiger partial charge in [0.2, 0.25) is 5.91 Å². The maximum Gasteiger partial charge on any atom is 0.265 e. The number of aromatic nitrogens is 3. The van der Waals surface area contributed by atoms with E-state index in [1.165, 1.54) is 26.2 Å². The summed E-state index contributed by atoms with van der Waals surface area (Å²) in [6, 6.07) is 11.5. The van der Waals surface area contributed by atoms with Crippen LogP contribution >= 0.6 is 0 Å². The van der Waals surface area contributed by atoms with Crippen LogP contribution in [0.3, 0.4) is 0 Å². The van der Waals surface area contributed by atoms with Crippen LogP contribution in [-0.4, -0.2) is 36.2 Å². The average molecular weight is 456 g/mol. The maximum absolute atomic E-state index is 13.2. The summed E-state index contributed by atoms with van der Waals surface area (Å²) in [5.74, 6) is 1.56. The summed E-state index contributed by atoms with van der Waals surface area (Å²) in [6.45, 7) is 2.20. The van der Waals surface area contributed by atoms with Gasteiger partial charge in [-0.2, -0.15) is 0 Å². The van der Waals surface area contributed by atoms with Crippen LogP contribution in [0.15, 0.2) is 47.4 Å². The van der Waals surface area contributed by atoms with E-state index in [1.54, 1.807) is 24.3 Å². The summed E-state index contributed by atoms with van der Waals surface area (Å²) in [5.41, 5.74) is 1.53. The van der Waals surface area contributed by atoms with Gasteiger partial charge in [-0.05, 0) is 43.2 Å². The molecule has 10 heteroatoms. The Balaban J connectivity index is 1.66. The number of carbonyl (C=O) groups excluding carboxylic acids is 1. The molecule has 168 valence electrons. The highest BCUT2D eigenvalue weighted by Gasteiger charge is 2.22. The van der Waals surface area contributed by atoms with Crippen LogP contribution in [0.4, 0.5) is 11.4 Å². The number of amides is 1. The highest BCUT2D eigenvalue weighted by Crippen LogP contribution is 2.30. The quantitative estimate of drug-likeness (QED) is 0.588. The highest BCUT2D eigenvalue weighted by molar-refractivity contribution is 7.92. The Bertz CT molecular complexity index is 1250. The second-order valence-electron chi connectivity index (χ2n) is 7.64. The van der Waals surface area contributed by atoms with E-state index >= 15 is 0 Å². The van der Waals surface area contributed by atoms with E-state index in [-0.39, 0.29) is 16.6 Å². The van der Waals surface area contributed by atoms with Gasteiger partial charge < -0.3 is 14.6 Å². The highest BCUT2D eigenvalue weighted by atomic mass is 32.2. The minimum Gasteiger partial charge on any atom is -0.495 e. The van der Waals surface area contributed by atoms with Gasteiger partial charge in [0.25, 0.3) is 10.0 Å². The number of hydrogen-bond donors (Lipinski definition) is 2. The second kappa shape index (κ2) is 8.99. The maximum atomic E-state index is 13.2. The number of rotatable bonds is 6. The minimum absolute atomic E-state index is 0.0759. The number of anilines is 2. The minimum atomic E-state index is -3.99. The predicted octanol–water partition coefficient (Wildman–Crippen LogP) is 3.44. The van der Waals surface area contributed by atoms with E-state index in [0.717, 1.165) is 49.4 Å². The van der Waals surface area contributed by atoms with Crippen molar-refractivity contribution in [1.82, 2.24) is 14.8 Å². The molecule has 1 aliphatic rings. The number of nitrogens with zero attached hydrogens (tertiary/aromatic N) is 3. The van der Waals surface area contributed by atoms with Crippen molar-refractivity contribution in [3.8, 4) is 17.1 Å². The molecule has 3 aromatic rings. The molecular weight excluding hydrogens is 430 g/mol. The van der Waals surface area contributed by atoms with E-state index < -0.39 is 10.0 Å². The number of hydrogen-bond acceptors (Lipinski definition) is 6. The Kier molecular flexibility index (Phi) is 6.13. The molecule has 0 saturated heterocycles. The van der Waals surface area contributed by atoms with Gasteiger partial charge in [0.15, 0.2) is 5.82 Å². The van der Waals surface area contributed by atoms with Crippen molar-refractivity contribution >= 4 is 27.3 Å². The summed E-state index contributed by atoms with van der Waals surface area (Å²) in [5, 5.41) is 11.3. The number of benzene rings is 2. The smallest absolute Gasteiger partial charge is 0.265 e. The van der Waals surface area contributed by atoms with Crippen LogP contribution < -0.4 is 14.8 Å². The number of ether oxygens (including phenoxy) is 1. The summed E-state index contributed by atoms with van der Waals surface area (Å²) < 4.78 is 36.3. The number of nitrogens with one attached hydrogen (secondary N) is 2. The van der Waals surface area contributed by atoms with Crippen LogP contribution in [0, 0.1) is 0 Å². The Hall–Kier alpha value is -3.40. The SMILES string of the molecule is COc1ccc(NC(C)=O)cc1S(=O)(=O)Nc1cccc(-c2nnc3n2CCCCC3)c1. The van der Waals surface area contributed by atoms with Gasteiger partial charge in [-0.3, -0.25) is 9.52 Å². The molecule has 0 bridgehead atoms. The number of methoxy groups -OCH3 is 1. The van der Waals surface area contributed by atoms with Gasteiger partial charge in [0.1, 0.15) is 16.5 Å². The van der Waals surface area contributed by atoms with E-state index in [1.807, 2.05) is 6.07 Å². The van der Waals surface area contributed by atoms with Crippen LogP contribution in [0.5, 0.6) is 5.75 Å². The van der Waals surface area contributed by atoms with Gasteiger partial charge in [0, 0.05) is 36.8 Å². The van der Waals surface area contributed by atoms with E-state index in [0.29, 0.717) is 11.4 Å². The monoisotopic (exact) mass is 455 g/mol. The Morgan fingerprint density at radius 1 is 1.06 bits per heavy atom. The molecule has 1 aliphatic heterocycles. The topological polar surface area (TPSA) is 115 Å². The van der Waals surface area contributed by atoms with Gasteiger partial charge in [0.05, 0.1) is 7.11 Å². The van der Waals surface area contributed by atoms with Crippen molar-refractivity contribution in [1.29, 1.82) is 0 Å². The van der Waals surface area contributed by atoms with Crippen LogP contribution in [0.2, 0.25) is 0 Å². The van der Waals surface area contributed by atoms with E-state index in [4.69, 9.17) is 4.74 Å². The third-order valence-corrected chi connectivity index (χ3v) is 6.66. The molecule has 0 unspecified atom stereocenters. The Morgan fingerprint density at radius 3 is 2.69 bits per heavy atom. The molecule has 0 fully saturated rings. The van der Waals surface area contributed by atoms with Gasteiger partial charge >= 0.3 is 0 Å². The lowest BCUT2D eigenvalue weighted by Crippen LogP contribution is -2.15. The largest absolute Gasteiger partial charge is 0.495 e. The third kappa shape index (κ3) is 4.59. The molecule has 32 heavy (non-hydrogen) atoms. The molecule has 0 saturated carbocycles. The van der Waals surface area contributed by atoms with Crippen molar-refractivity contribution in [2.75, 3.05) is 17.1 Å². The Morgan fingerprint density at radius 2 is 1.91 bits per heavy atom. The zero-order valence-corrected chi connectivity index (χ0v) is 18.8. The van der Waals surface area contributed by atoms with Crippen LogP contribution in [-0.2, 0) is 27.8 Å². The zero-order valence-electron chi connectivity index (χ0n) is 18.0. The second-order valence-corrected chi connectivity index (χ2v) is 9.29. The molecule has 2 heterocycles. The molecule has 2 aromatic carbocycles. The lowest BCUT2D eigenvalue weighted by atomic mass is 10.2. The molecule has 1 aromatic heterocycles. The van der Waals surface area contributed by atoms with Crippen molar-refractivity contribution in [2.45, 2.75) is 44.0 Å². The number of aryl methyl sites for hydroxylation is 1. The van der Waals surface area contributed by atoms with Gasteiger partial charge in [-0.15, -0.1) is 10.2 Å². The fourth-order valence-corrected chi connectivity index (χ4v) is 5.04. The molecule has 0 aliphatic carbocycles. The van der Waals surface area contributed by atoms with Crippen molar-refractivity contribution in [3.63, 3.8) is 0 Å². The van der Waals surface area contributed by atoms with Crippen LogP contribution in [0.25, 0.3) is 11.4 Å². The number of sulfonamides is 1. The summed E-state index contributed by atoms with van der Waals surface area (Å²) in [6.07, 6.45) is 4.21. The lowest BCUT2D eigenvalue weighted by molar-refractivity contribution is -0.114. The standard InChI is InChI=1S/C22H25N5O4S/c1-15(28)23-17-10-11-19(31-2)20(14-17)32(29,30)26-18-8-6-7-16(13-18)22-25-24-21-9-4-3-5-12-27(21)22/h6-8,10-11,13-14,26H,3-5,9,12H2,1-2H3,(H,23,28). The summed E-state index contributed by atoms with van der Waals surface area (Å²) in [4.78, 5) is 11.3.